The maximum Gasteiger partial charge on any atom is 0.222 e. The van der Waals surface area contributed by atoms with Crippen molar-refractivity contribution >= 4 is 5.82 Å². The van der Waals surface area contributed by atoms with Crippen LogP contribution >= 0.6 is 0 Å². The molecule has 0 aliphatic heterocycles. The van der Waals surface area contributed by atoms with E-state index in [1.807, 2.05) is 13.8 Å². The van der Waals surface area contributed by atoms with Crippen LogP contribution in [0.5, 0.6) is 5.88 Å². The largest absolute Gasteiger partial charge is 0.474 e. The lowest BCUT2D eigenvalue weighted by Gasteiger charge is -2.16. The van der Waals surface area contributed by atoms with Gasteiger partial charge in [0.15, 0.2) is 0 Å². The number of aryl methyl sites for hydroxylation is 1. The minimum absolute atomic E-state index is 0.175. The monoisotopic (exact) mass is 251 g/mol. The lowest BCUT2D eigenvalue weighted by Crippen LogP contribution is -2.15. The Kier molecular flexibility index (Phi) is 5.89. The molecule has 4 heteroatoms. The maximum absolute atomic E-state index is 5.86. The molecule has 0 saturated carbocycles. The molecule has 0 saturated heterocycles. The van der Waals surface area contributed by atoms with Crippen molar-refractivity contribution in [2.75, 3.05) is 5.73 Å². The molecule has 0 aliphatic rings. The highest BCUT2D eigenvalue weighted by atomic mass is 16.5. The van der Waals surface area contributed by atoms with E-state index in [1.54, 1.807) is 0 Å². The van der Waals surface area contributed by atoms with E-state index in [-0.39, 0.29) is 6.10 Å². The summed E-state index contributed by atoms with van der Waals surface area (Å²) < 4.78 is 5.86. The second kappa shape index (κ2) is 7.19. The molecule has 1 unspecified atom stereocenters. The molecule has 0 amide bonds. The van der Waals surface area contributed by atoms with Gasteiger partial charge in [-0.05, 0) is 33.6 Å². The van der Waals surface area contributed by atoms with Gasteiger partial charge in [-0.1, -0.05) is 26.2 Å². The molecule has 18 heavy (non-hydrogen) atoms. The van der Waals surface area contributed by atoms with Crippen LogP contribution in [-0.2, 0) is 0 Å². The quantitative estimate of drug-likeness (QED) is 0.754. The number of nitrogens with two attached hydrogens (primary N) is 1. The molecule has 2 N–H and O–H groups in total. The molecule has 0 radical (unpaired) electrons. The standard InChI is InChI=1S/C14H25N3O/c1-5-6-7-8-9-10(2)18-14-11(3)13(15)16-12(4)17-14/h10H,5-9H2,1-4H3,(H2,15,16,17). The summed E-state index contributed by atoms with van der Waals surface area (Å²) in [5, 5.41) is 0. The van der Waals surface area contributed by atoms with Gasteiger partial charge in [-0.15, -0.1) is 0 Å². The molecule has 1 rings (SSSR count). The SMILES string of the molecule is CCCCCCC(C)Oc1nc(C)nc(N)c1C. The Bertz CT molecular complexity index is 380. The molecular weight excluding hydrogens is 226 g/mol. The zero-order valence-corrected chi connectivity index (χ0v) is 12.0. The molecule has 4 nitrogen and oxygen atoms in total. The zero-order chi connectivity index (χ0) is 13.5. The van der Waals surface area contributed by atoms with Gasteiger partial charge in [-0.25, -0.2) is 4.98 Å². The number of nitrogen functional groups attached to an aromatic ring is 1. The molecule has 0 aliphatic carbocycles. The van der Waals surface area contributed by atoms with E-state index in [1.165, 1.54) is 25.7 Å². The summed E-state index contributed by atoms with van der Waals surface area (Å²) in [6.07, 6.45) is 6.26. The van der Waals surface area contributed by atoms with Gasteiger partial charge in [0.25, 0.3) is 0 Å². The second-order valence-electron chi connectivity index (χ2n) is 4.86. The van der Waals surface area contributed by atoms with Gasteiger partial charge in [0.1, 0.15) is 11.6 Å². The van der Waals surface area contributed by atoms with Crippen molar-refractivity contribution in [3.63, 3.8) is 0 Å². The van der Waals surface area contributed by atoms with Crippen molar-refractivity contribution in [1.82, 2.24) is 9.97 Å². The van der Waals surface area contributed by atoms with Crippen molar-refractivity contribution in [3.8, 4) is 5.88 Å². The summed E-state index contributed by atoms with van der Waals surface area (Å²) in [5.74, 6) is 1.80. The van der Waals surface area contributed by atoms with E-state index in [0.717, 1.165) is 12.0 Å². The maximum atomic E-state index is 5.86. The van der Waals surface area contributed by atoms with Crippen molar-refractivity contribution in [2.45, 2.75) is 65.9 Å². The van der Waals surface area contributed by atoms with Crippen LogP contribution in [0.15, 0.2) is 0 Å². The van der Waals surface area contributed by atoms with Crippen LogP contribution < -0.4 is 10.5 Å². The lowest BCUT2D eigenvalue weighted by molar-refractivity contribution is 0.196. The fraction of sp³-hybridized carbons (Fsp3) is 0.714. The number of nitrogens with zero attached hydrogens (tertiary/aromatic N) is 2. The molecule has 1 atom stereocenters. The topological polar surface area (TPSA) is 61.0 Å². The van der Waals surface area contributed by atoms with Gasteiger partial charge in [0.2, 0.25) is 5.88 Å². The fourth-order valence-electron chi connectivity index (χ4n) is 1.85. The molecule has 1 aromatic rings. The highest BCUT2D eigenvalue weighted by Gasteiger charge is 2.11. The molecule has 0 aromatic carbocycles. The van der Waals surface area contributed by atoms with Gasteiger partial charge in [-0.3, -0.25) is 0 Å². The van der Waals surface area contributed by atoms with Crippen LogP contribution in [0.3, 0.4) is 0 Å². The first-order chi connectivity index (χ1) is 8.54. The number of hydrogen-bond donors (Lipinski definition) is 1. The van der Waals surface area contributed by atoms with Gasteiger partial charge in [0, 0.05) is 0 Å². The van der Waals surface area contributed by atoms with Crippen LogP contribution in [-0.4, -0.2) is 16.1 Å². The Morgan fingerprint density at radius 1 is 1.17 bits per heavy atom. The Morgan fingerprint density at radius 2 is 1.89 bits per heavy atom. The minimum atomic E-state index is 0.175. The number of unbranched alkanes of at least 4 members (excludes halogenated alkanes) is 3. The van der Waals surface area contributed by atoms with E-state index in [4.69, 9.17) is 10.5 Å². The number of ether oxygens (including phenoxy) is 1. The molecule has 0 bridgehead atoms. The molecule has 0 fully saturated rings. The van der Waals surface area contributed by atoms with Crippen LogP contribution in [0, 0.1) is 13.8 Å². The smallest absolute Gasteiger partial charge is 0.222 e. The van der Waals surface area contributed by atoms with Crippen molar-refractivity contribution in [2.24, 2.45) is 0 Å². The summed E-state index contributed by atoms with van der Waals surface area (Å²) in [7, 11) is 0. The number of anilines is 1. The first-order valence-corrected chi connectivity index (χ1v) is 6.82. The second-order valence-corrected chi connectivity index (χ2v) is 4.86. The van der Waals surface area contributed by atoms with Gasteiger partial charge in [0.05, 0.1) is 11.7 Å². The number of rotatable bonds is 7. The highest BCUT2D eigenvalue weighted by Crippen LogP contribution is 2.21. The summed E-state index contributed by atoms with van der Waals surface area (Å²) in [5.41, 5.74) is 6.64. The number of hydrogen-bond acceptors (Lipinski definition) is 4. The van der Waals surface area contributed by atoms with Crippen LogP contribution in [0.2, 0.25) is 0 Å². The average molecular weight is 251 g/mol. The molecular formula is C14H25N3O. The van der Waals surface area contributed by atoms with Gasteiger partial charge < -0.3 is 10.5 Å². The summed E-state index contributed by atoms with van der Waals surface area (Å²) in [4.78, 5) is 8.42. The number of aromatic nitrogens is 2. The normalized spacial score (nSPS) is 12.4. The van der Waals surface area contributed by atoms with E-state index >= 15 is 0 Å². The third-order valence-corrected chi connectivity index (χ3v) is 3.03. The molecule has 0 spiro atoms. The van der Waals surface area contributed by atoms with Crippen LogP contribution in [0.1, 0.15) is 57.3 Å². The first-order valence-electron chi connectivity index (χ1n) is 6.82. The Morgan fingerprint density at radius 3 is 2.56 bits per heavy atom. The van der Waals surface area contributed by atoms with Gasteiger partial charge >= 0.3 is 0 Å². The minimum Gasteiger partial charge on any atom is -0.474 e. The molecule has 1 heterocycles. The van der Waals surface area contributed by atoms with Crippen LogP contribution in [0.4, 0.5) is 5.82 Å². The predicted octanol–water partition coefficient (Wildman–Crippen LogP) is 3.41. The molecule has 102 valence electrons. The molecule has 1 aromatic heterocycles. The van der Waals surface area contributed by atoms with E-state index in [9.17, 15) is 0 Å². The third kappa shape index (κ3) is 4.51. The summed E-state index contributed by atoms with van der Waals surface area (Å²) >= 11 is 0. The summed E-state index contributed by atoms with van der Waals surface area (Å²) in [6.45, 7) is 8.03. The average Bonchev–Trinajstić information content (AvgIpc) is 2.31. The Hall–Kier alpha value is -1.32. The van der Waals surface area contributed by atoms with E-state index in [2.05, 4.69) is 23.8 Å². The van der Waals surface area contributed by atoms with E-state index in [0.29, 0.717) is 17.5 Å². The van der Waals surface area contributed by atoms with Gasteiger partial charge in [-0.2, -0.15) is 4.98 Å². The predicted molar refractivity (Wildman–Crippen MR) is 74.8 cm³/mol. The van der Waals surface area contributed by atoms with Crippen LogP contribution in [0.25, 0.3) is 0 Å². The highest BCUT2D eigenvalue weighted by molar-refractivity contribution is 5.44. The third-order valence-electron chi connectivity index (χ3n) is 3.03. The zero-order valence-electron chi connectivity index (χ0n) is 12.0. The van der Waals surface area contributed by atoms with Crippen molar-refractivity contribution in [3.05, 3.63) is 11.4 Å². The first kappa shape index (κ1) is 14.7. The Labute approximate surface area is 110 Å². The Balaban J connectivity index is 2.51. The summed E-state index contributed by atoms with van der Waals surface area (Å²) in [6, 6.07) is 0. The van der Waals surface area contributed by atoms with E-state index < -0.39 is 0 Å². The fourth-order valence-corrected chi connectivity index (χ4v) is 1.85. The van der Waals surface area contributed by atoms with Crippen molar-refractivity contribution < 1.29 is 4.74 Å². The van der Waals surface area contributed by atoms with Crippen molar-refractivity contribution in [1.29, 1.82) is 0 Å². The lowest BCUT2D eigenvalue weighted by atomic mass is 10.1.